The Morgan fingerprint density at radius 1 is 1.12 bits per heavy atom. The summed E-state index contributed by atoms with van der Waals surface area (Å²) in [6.45, 7) is 0.256. The number of likely N-dealkylation sites (N-methyl/N-ethyl adjacent to an activating group) is 1. The van der Waals surface area contributed by atoms with Crippen LogP contribution in [0.2, 0.25) is 5.02 Å². The van der Waals surface area contributed by atoms with E-state index in [0.717, 1.165) is 5.39 Å². The molecule has 0 aliphatic carbocycles. The Morgan fingerprint density at radius 2 is 1.91 bits per heavy atom. The first kappa shape index (κ1) is 23.0. The van der Waals surface area contributed by atoms with Gasteiger partial charge in [0.1, 0.15) is 5.69 Å². The van der Waals surface area contributed by atoms with Gasteiger partial charge in [-0.1, -0.05) is 28.7 Å². The number of fused-ring (bicyclic) bond motifs is 1. The Kier molecular flexibility index (Phi) is 6.62. The quantitative estimate of drug-likeness (QED) is 0.263. The molecule has 4 rings (SSSR count). The minimum absolute atomic E-state index is 0.143. The van der Waals surface area contributed by atoms with Crippen LogP contribution in [0.3, 0.4) is 0 Å². The maximum Gasteiger partial charge on any atom is 0.351 e. The summed E-state index contributed by atoms with van der Waals surface area (Å²) >= 11 is 6.39. The number of H-pyrrole nitrogens is 2. The fraction of sp³-hybridized carbons (Fsp3) is 0.130. The zero-order valence-electron chi connectivity index (χ0n) is 18.6. The average molecular weight is 480 g/mol. The van der Waals surface area contributed by atoms with Crippen molar-refractivity contribution in [2.75, 3.05) is 36.6 Å². The number of nitrogens with two attached hydrogens (primary N) is 1. The molecule has 10 nitrogen and oxygen atoms in total. The summed E-state index contributed by atoms with van der Waals surface area (Å²) < 4.78 is 0. The number of para-hydroxylation sites is 1. The monoisotopic (exact) mass is 479 g/mol. The van der Waals surface area contributed by atoms with Crippen LogP contribution in [0.4, 0.5) is 28.8 Å². The molecule has 11 heteroatoms. The molecular weight excluding hydrogens is 456 g/mol. The molecule has 2 heterocycles. The van der Waals surface area contributed by atoms with Crippen LogP contribution in [0.1, 0.15) is 10.4 Å². The van der Waals surface area contributed by atoms with Crippen LogP contribution in [0.25, 0.3) is 11.0 Å². The van der Waals surface area contributed by atoms with Crippen molar-refractivity contribution in [3.8, 4) is 0 Å². The van der Waals surface area contributed by atoms with E-state index >= 15 is 0 Å². The van der Waals surface area contributed by atoms with Crippen LogP contribution < -0.4 is 26.7 Å². The number of carbonyl (C=O) groups is 2. The van der Waals surface area contributed by atoms with Gasteiger partial charge < -0.3 is 21.3 Å². The first-order valence-electron chi connectivity index (χ1n) is 10.4. The van der Waals surface area contributed by atoms with E-state index in [4.69, 9.17) is 17.3 Å². The van der Waals surface area contributed by atoms with E-state index in [1.165, 1.54) is 0 Å². The van der Waals surface area contributed by atoms with Gasteiger partial charge in [-0.3, -0.25) is 19.9 Å². The fourth-order valence-corrected chi connectivity index (χ4v) is 3.56. The molecule has 0 aliphatic heterocycles. The summed E-state index contributed by atoms with van der Waals surface area (Å²) in [6.07, 6.45) is 1.77. The lowest BCUT2D eigenvalue weighted by atomic mass is 10.1. The van der Waals surface area contributed by atoms with E-state index in [2.05, 4.69) is 30.9 Å². The molecule has 7 N–H and O–H groups in total. The summed E-state index contributed by atoms with van der Waals surface area (Å²) in [5, 5.41) is 10.4. The van der Waals surface area contributed by atoms with E-state index in [-0.39, 0.29) is 12.5 Å². The third kappa shape index (κ3) is 5.25. The Labute approximate surface area is 200 Å². The third-order valence-corrected chi connectivity index (χ3v) is 5.21. The van der Waals surface area contributed by atoms with Crippen LogP contribution in [0.5, 0.6) is 0 Å². The van der Waals surface area contributed by atoms with Gasteiger partial charge in [-0.15, -0.1) is 0 Å². The highest BCUT2D eigenvalue weighted by Crippen LogP contribution is 2.29. The van der Waals surface area contributed by atoms with Crippen molar-refractivity contribution in [3.05, 3.63) is 65.3 Å². The van der Waals surface area contributed by atoms with Crippen molar-refractivity contribution >= 4 is 63.3 Å². The molecule has 0 unspecified atom stereocenters. The first-order valence-corrected chi connectivity index (χ1v) is 10.8. The number of hydrogen-bond donors (Lipinski definition) is 5. The molecule has 34 heavy (non-hydrogen) atoms. The third-order valence-electron chi connectivity index (χ3n) is 4.88. The Morgan fingerprint density at radius 3 is 2.68 bits per heavy atom. The molecular formula is C23H24ClN8O2+. The maximum atomic E-state index is 12.1. The molecule has 0 spiro atoms. The largest absolute Gasteiger partial charge is 0.366 e. The van der Waals surface area contributed by atoms with E-state index in [1.807, 2.05) is 20.2 Å². The molecule has 0 bridgehead atoms. The predicted molar refractivity (Wildman–Crippen MR) is 133 cm³/mol. The number of halogens is 1. The van der Waals surface area contributed by atoms with Crippen LogP contribution in [-0.2, 0) is 4.79 Å². The zero-order valence-corrected chi connectivity index (χ0v) is 19.3. The average Bonchev–Trinajstić information content (AvgIpc) is 3.25. The number of benzene rings is 2. The summed E-state index contributed by atoms with van der Waals surface area (Å²) in [6, 6.07) is 13.9. The molecule has 0 radical (unpaired) electrons. The van der Waals surface area contributed by atoms with Gasteiger partial charge in [0.2, 0.25) is 17.4 Å². The minimum Gasteiger partial charge on any atom is -0.366 e. The van der Waals surface area contributed by atoms with Crippen molar-refractivity contribution in [3.63, 3.8) is 0 Å². The van der Waals surface area contributed by atoms with Gasteiger partial charge in [0.25, 0.3) is 5.91 Å². The second-order valence-electron chi connectivity index (χ2n) is 7.84. The second-order valence-corrected chi connectivity index (χ2v) is 8.25. The number of nitrogens with one attached hydrogen (secondary N) is 5. The summed E-state index contributed by atoms with van der Waals surface area (Å²) in [4.78, 5) is 36.6. The smallest absolute Gasteiger partial charge is 0.351 e. The number of carbonyl (C=O) groups excluding carboxylic acids is 2. The number of nitrogens with zero attached hydrogens (tertiary/aromatic N) is 2. The molecule has 0 aliphatic rings. The van der Waals surface area contributed by atoms with Crippen LogP contribution in [-0.4, -0.2) is 47.3 Å². The number of amides is 2. The highest BCUT2D eigenvalue weighted by Gasteiger charge is 2.18. The van der Waals surface area contributed by atoms with Crippen molar-refractivity contribution in [1.82, 2.24) is 14.9 Å². The van der Waals surface area contributed by atoms with Gasteiger partial charge in [0.05, 0.1) is 28.2 Å². The van der Waals surface area contributed by atoms with E-state index in [1.54, 1.807) is 53.6 Å². The standard InChI is InChI=1S/C23H23ClN8O2/c1-32(2)12-19(33)27-13-7-8-16(24)18(11-13)29-23-30-21-15(9-10-26-21)22(31-23)28-17-6-4-3-5-14(17)20(25)34/h3-11H,12H2,1-2H3,(H2,25,34)(H,27,33)(H3,26,28,29,30,31)/p+1. The minimum atomic E-state index is -0.547. The van der Waals surface area contributed by atoms with E-state index in [9.17, 15) is 9.59 Å². The van der Waals surface area contributed by atoms with Crippen molar-refractivity contribution in [2.45, 2.75) is 0 Å². The van der Waals surface area contributed by atoms with Crippen molar-refractivity contribution in [1.29, 1.82) is 0 Å². The number of aromatic nitrogens is 3. The molecule has 0 saturated carbocycles. The Hall–Kier alpha value is -4.15. The Bertz CT molecular complexity index is 1370. The second kappa shape index (κ2) is 9.77. The normalized spacial score (nSPS) is 10.9. The van der Waals surface area contributed by atoms with Crippen LogP contribution >= 0.6 is 11.6 Å². The molecule has 0 atom stereocenters. The maximum absolute atomic E-state index is 12.1. The Balaban J connectivity index is 1.65. The summed E-state index contributed by atoms with van der Waals surface area (Å²) in [5.74, 6) is 0.190. The highest BCUT2D eigenvalue weighted by atomic mass is 35.5. The van der Waals surface area contributed by atoms with Crippen molar-refractivity contribution < 1.29 is 14.6 Å². The van der Waals surface area contributed by atoms with Crippen LogP contribution in [0, 0.1) is 0 Å². The van der Waals surface area contributed by atoms with Gasteiger partial charge in [-0.25, -0.2) is 4.98 Å². The predicted octanol–water partition coefficient (Wildman–Crippen LogP) is 3.12. The van der Waals surface area contributed by atoms with Crippen molar-refractivity contribution in [2.24, 2.45) is 5.73 Å². The van der Waals surface area contributed by atoms with E-state index in [0.29, 0.717) is 45.1 Å². The zero-order chi connectivity index (χ0) is 24.2. The molecule has 4 aromatic rings. The summed E-state index contributed by atoms with van der Waals surface area (Å²) in [7, 11) is 3.64. The molecule has 174 valence electrons. The topological polar surface area (TPSA) is 142 Å². The lowest BCUT2D eigenvalue weighted by molar-refractivity contribution is -0.333. The van der Waals surface area contributed by atoms with E-state index < -0.39 is 5.91 Å². The molecule has 2 aromatic carbocycles. The highest BCUT2D eigenvalue weighted by molar-refractivity contribution is 6.33. The molecule has 2 aromatic heterocycles. The number of primary amides is 1. The lowest BCUT2D eigenvalue weighted by Gasteiger charge is -2.12. The molecule has 0 saturated heterocycles. The first-order chi connectivity index (χ1) is 16.3. The number of anilines is 5. The number of hydrogen-bond acceptors (Lipinski definition) is 6. The number of aromatic amines is 2. The lowest BCUT2D eigenvalue weighted by Crippen LogP contribution is -2.27. The van der Waals surface area contributed by atoms with Gasteiger partial charge in [-0.05, 0) is 50.5 Å². The number of rotatable bonds is 8. The summed E-state index contributed by atoms with van der Waals surface area (Å²) in [5.41, 5.74) is 8.23. The van der Waals surface area contributed by atoms with Gasteiger partial charge in [0.15, 0.2) is 0 Å². The SMILES string of the molecule is CN(C)CC(=O)Nc1ccc(Cl)c(Nc2nc(Nc3ccccc3C(N)=O)c3cc[nH]c3[nH+]2)c1. The van der Waals surface area contributed by atoms with Gasteiger partial charge in [0, 0.05) is 11.9 Å². The molecule has 2 amide bonds. The van der Waals surface area contributed by atoms with Gasteiger partial charge in [-0.2, -0.15) is 0 Å². The van der Waals surface area contributed by atoms with Crippen LogP contribution in [0.15, 0.2) is 54.7 Å². The fourth-order valence-electron chi connectivity index (χ4n) is 3.39. The molecule has 0 fully saturated rings. The van der Waals surface area contributed by atoms with Gasteiger partial charge >= 0.3 is 5.95 Å².